The maximum atomic E-state index is 12.8. The zero-order chi connectivity index (χ0) is 15.1. The molecule has 112 valence electrons. The van der Waals surface area contributed by atoms with Crippen molar-refractivity contribution >= 4 is 28.4 Å². The van der Waals surface area contributed by atoms with E-state index in [0.717, 1.165) is 36.6 Å². The number of anilines is 1. The first-order valence-corrected chi connectivity index (χ1v) is 7.74. The number of carbonyl (C=O) groups is 2. The van der Waals surface area contributed by atoms with Crippen LogP contribution in [0.3, 0.4) is 0 Å². The molecule has 4 rings (SSSR count). The van der Waals surface area contributed by atoms with Gasteiger partial charge >= 0.3 is 0 Å². The monoisotopic (exact) mass is 295 g/mol. The Kier molecular flexibility index (Phi) is 3.06. The first kappa shape index (κ1) is 13.2. The quantitative estimate of drug-likeness (QED) is 0.879. The van der Waals surface area contributed by atoms with Crippen molar-refractivity contribution in [3.05, 3.63) is 36.5 Å². The van der Waals surface area contributed by atoms with E-state index >= 15 is 0 Å². The predicted molar refractivity (Wildman–Crippen MR) is 82.8 cm³/mol. The van der Waals surface area contributed by atoms with Crippen molar-refractivity contribution in [2.45, 2.75) is 25.7 Å². The summed E-state index contributed by atoms with van der Waals surface area (Å²) >= 11 is 0. The third-order valence-corrected chi connectivity index (χ3v) is 4.71. The van der Waals surface area contributed by atoms with Crippen LogP contribution in [0.4, 0.5) is 5.69 Å². The largest absolute Gasteiger partial charge is 0.273 e. The lowest BCUT2D eigenvalue weighted by molar-refractivity contribution is -0.141. The first-order chi connectivity index (χ1) is 10.8. The molecule has 2 aromatic rings. The number of hydrogen-bond donors (Lipinski definition) is 1. The van der Waals surface area contributed by atoms with E-state index in [0.29, 0.717) is 5.69 Å². The lowest BCUT2D eigenvalue weighted by Gasteiger charge is -2.39. The molecule has 2 fully saturated rings. The van der Waals surface area contributed by atoms with Crippen LogP contribution < -0.4 is 10.4 Å². The second-order valence-corrected chi connectivity index (χ2v) is 6.00. The van der Waals surface area contributed by atoms with Gasteiger partial charge in [-0.25, -0.2) is 5.01 Å². The number of amides is 2. The average Bonchev–Trinajstić information content (AvgIpc) is 2.58. The van der Waals surface area contributed by atoms with Crippen molar-refractivity contribution in [3.8, 4) is 0 Å². The van der Waals surface area contributed by atoms with Gasteiger partial charge < -0.3 is 0 Å². The lowest BCUT2D eigenvalue weighted by Crippen LogP contribution is -2.59. The molecule has 1 aromatic heterocycles. The molecule has 0 spiro atoms. The number of pyridine rings is 1. The molecule has 1 aliphatic heterocycles. The van der Waals surface area contributed by atoms with Crippen molar-refractivity contribution in [1.29, 1.82) is 0 Å². The van der Waals surface area contributed by atoms with E-state index in [1.54, 1.807) is 6.20 Å². The molecular weight excluding hydrogens is 278 g/mol. The fourth-order valence-electron chi connectivity index (χ4n) is 3.60. The van der Waals surface area contributed by atoms with Crippen LogP contribution in [0.15, 0.2) is 36.5 Å². The molecule has 0 radical (unpaired) electrons. The number of nitrogens with zero attached hydrogens (tertiary/aromatic N) is 2. The molecular formula is C17H17N3O2. The highest BCUT2D eigenvalue weighted by Crippen LogP contribution is 2.36. The fourth-order valence-corrected chi connectivity index (χ4v) is 3.60. The van der Waals surface area contributed by atoms with Crippen molar-refractivity contribution in [3.63, 3.8) is 0 Å². The van der Waals surface area contributed by atoms with E-state index in [9.17, 15) is 9.59 Å². The van der Waals surface area contributed by atoms with Gasteiger partial charge in [0.1, 0.15) is 0 Å². The Morgan fingerprint density at radius 2 is 1.82 bits per heavy atom. The Labute approximate surface area is 128 Å². The molecule has 1 N–H and O–H groups in total. The highest BCUT2D eigenvalue weighted by Gasteiger charge is 2.43. The summed E-state index contributed by atoms with van der Waals surface area (Å²) < 4.78 is 0. The van der Waals surface area contributed by atoms with Gasteiger partial charge in [0.25, 0.3) is 0 Å². The highest BCUT2D eigenvalue weighted by molar-refractivity contribution is 6.08. The predicted octanol–water partition coefficient (Wildman–Crippen LogP) is 2.42. The summed E-state index contributed by atoms with van der Waals surface area (Å²) in [4.78, 5) is 29.6. The molecule has 2 unspecified atom stereocenters. The summed E-state index contributed by atoms with van der Waals surface area (Å²) in [6, 6.07) is 9.47. The van der Waals surface area contributed by atoms with Crippen LogP contribution in [-0.2, 0) is 9.59 Å². The zero-order valence-electron chi connectivity index (χ0n) is 12.2. The molecule has 5 heteroatoms. The van der Waals surface area contributed by atoms with Gasteiger partial charge in [0.2, 0.25) is 11.8 Å². The van der Waals surface area contributed by atoms with Crippen molar-refractivity contribution in [2.24, 2.45) is 11.8 Å². The summed E-state index contributed by atoms with van der Waals surface area (Å²) in [5, 5.41) is 2.36. The minimum atomic E-state index is -0.193. The Morgan fingerprint density at radius 1 is 1.05 bits per heavy atom. The van der Waals surface area contributed by atoms with E-state index in [4.69, 9.17) is 0 Å². The number of fused-ring (bicyclic) bond motifs is 2. The van der Waals surface area contributed by atoms with Crippen LogP contribution in [0.5, 0.6) is 0 Å². The van der Waals surface area contributed by atoms with Gasteiger partial charge in [0.05, 0.1) is 23.0 Å². The number of carbonyl (C=O) groups excluding carboxylic acids is 2. The molecule has 1 aliphatic carbocycles. The maximum Gasteiger partial charge on any atom is 0.249 e. The van der Waals surface area contributed by atoms with Crippen LogP contribution in [0.2, 0.25) is 0 Å². The minimum absolute atomic E-state index is 0.0116. The first-order valence-electron chi connectivity index (χ1n) is 7.74. The lowest BCUT2D eigenvalue weighted by atomic mass is 9.77. The summed E-state index contributed by atoms with van der Waals surface area (Å²) in [6.07, 6.45) is 5.35. The van der Waals surface area contributed by atoms with Gasteiger partial charge in [0, 0.05) is 11.6 Å². The number of rotatable bonds is 1. The molecule has 5 nitrogen and oxygen atoms in total. The van der Waals surface area contributed by atoms with Gasteiger partial charge in [-0.3, -0.25) is 20.0 Å². The summed E-state index contributed by atoms with van der Waals surface area (Å²) in [5.74, 6) is -0.415. The smallest absolute Gasteiger partial charge is 0.249 e. The number of aromatic nitrogens is 1. The average molecular weight is 295 g/mol. The topological polar surface area (TPSA) is 62.3 Å². The second kappa shape index (κ2) is 5.09. The van der Waals surface area contributed by atoms with Crippen molar-refractivity contribution in [1.82, 2.24) is 10.4 Å². The number of para-hydroxylation sites is 1. The van der Waals surface area contributed by atoms with Crippen LogP contribution in [0.1, 0.15) is 25.7 Å². The molecule has 1 aromatic carbocycles. The van der Waals surface area contributed by atoms with E-state index < -0.39 is 0 Å². The third kappa shape index (κ3) is 1.96. The number of benzene rings is 1. The fraction of sp³-hybridized carbons (Fsp3) is 0.353. The van der Waals surface area contributed by atoms with Crippen LogP contribution in [0, 0.1) is 11.8 Å². The SMILES string of the molecule is O=C1NN(c2cccc3cccnc23)C(=O)C2CCCCC12. The Bertz CT molecular complexity index is 753. The maximum absolute atomic E-state index is 12.8. The summed E-state index contributed by atoms with van der Waals surface area (Å²) in [6.45, 7) is 0. The van der Waals surface area contributed by atoms with Crippen LogP contribution in [0.25, 0.3) is 10.9 Å². The van der Waals surface area contributed by atoms with E-state index in [1.807, 2.05) is 30.3 Å². The number of hydrazine groups is 1. The van der Waals surface area contributed by atoms with Gasteiger partial charge in [-0.1, -0.05) is 31.0 Å². The number of hydrogen-bond acceptors (Lipinski definition) is 3. The highest BCUT2D eigenvalue weighted by atomic mass is 16.2. The molecule has 2 amide bonds. The van der Waals surface area contributed by atoms with Gasteiger partial charge in [-0.2, -0.15) is 0 Å². The minimum Gasteiger partial charge on any atom is -0.273 e. The Hall–Kier alpha value is -2.43. The molecule has 22 heavy (non-hydrogen) atoms. The molecule has 1 saturated heterocycles. The molecule has 0 bridgehead atoms. The van der Waals surface area contributed by atoms with Crippen LogP contribution in [-0.4, -0.2) is 16.8 Å². The molecule has 2 heterocycles. The van der Waals surface area contributed by atoms with Gasteiger partial charge in [-0.15, -0.1) is 0 Å². The number of nitrogens with one attached hydrogen (secondary N) is 1. The summed E-state index contributed by atoms with van der Waals surface area (Å²) in [7, 11) is 0. The Balaban J connectivity index is 1.78. The molecule has 2 aliphatic rings. The van der Waals surface area contributed by atoms with Crippen LogP contribution >= 0.6 is 0 Å². The van der Waals surface area contributed by atoms with E-state index in [2.05, 4.69) is 10.4 Å². The molecule has 2 atom stereocenters. The molecule has 1 saturated carbocycles. The van der Waals surface area contributed by atoms with Gasteiger partial charge in [-0.05, 0) is 25.0 Å². The van der Waals surface area contributed by atoms with E-state index in [-0.39, 0.29) is 23.7 Å². The normalized spacial score (nSPS) is 25.0. The summed E-state index contributed by atoms with van der Waals surface area (Å²) in [5.41, 5.74) is 4.16. The second-order valence-electron chi connectivity index (χ2n) is 6.00. The van der Waals surface area contributed by atoms with E-state index in [1.165, 1.54) is 5.01 Å². The van der Waals surface area contributed by atoms with Gasteiger partial charge in [0.15, 0.2) is 0 Å². The zero-order valence-corrected chi connectivity index (χ0v) is 12.2. The third-order valence-electron chi connectivity index (χ3n) is 4.71. The van der Waals surface area contributed by atoms with Crippen molar-refractivity contribution in [2.75, 3.05) is 5.01 Å². The Morgan fingerprint density at radius 3 is 2.68 bits per heavy atom. The van der Waals surface area contributed by atoms with Crippen molar-refractivity contribution < 1.29 is 9.59 Å². The standard InChI is InChI=1S/C17H17N3O2/c21-16-12-7-1-2-8-13(12)17(22)20(19-16)14-9-3-5-11-6-4-10-18-15(11)14/h3-6,9-10,12-13H,1-2,7-8H2,(H,19,21).